The van der Waals surface area contributed by atoms with Crippen molar-refractivity contribution in [2.75, 3.05) is 5.32 Å². The predicted molar refractivity (Wildman–Crippen MR) is 93.8 cm³/mol. The number of nitrogens with one attached hydrogen (secondary N) is 2. The Balaban J connectivity index is 1.75. The summed E-state index contributed by atoms with van der Waals surface area (Å²) in [5, 5.41) is 4.88. The van der Waals surface area contributed by atoms with Gasteiger partial charge < -0.3 is 10.6 Å². The molecule has 2 N–H and O–H groups in total. The first kappa shape index (κ1) is 18.7. The second kappa shape index (κ2) is 7.28. The molecule has 6 nitrogen and oxygen atoms in total. The van der Waals surface area contributed by atoms with E-state index in [1.807, 2.05) is 0 Å². The van der Waals surface area contributed by atoms with Crippen molar-refractivity contribution >= 4 is 29.0 Å². The minimum Gasteiger partial charge on any atom is -0.334 e. The molecule has 2 heterocycles. The Morgan fingerprint density at radius 1 is 1.19 bits per heavy atom. The zero-order valence-corrected chi connectivity index (χ0v) is 14.3. The molecule has 3 aromatic rings. The number of hydrogen-bond acceptors (Lipinski definition) is 3. The zero-order chi connectivity index (χ0) is 19.6. The second-order valence-electron chi connectivity index (χ2n) is 5.52. The number of halogens is 4. The number of rotatable bonds is 3. The Morgan fingerprint density at radius 3 is 2.67 bits per heavy atom. The van der Waals surface area contributed by atoms with E-state index in [4.69, 9.17) is 11.6 Å². The molecule has 0 saturated carbocycles. The van der Waals surface area contributed by atoms with Gasteiger partial charge in [-0.1, -0.05) is 29.8 Å². The van der Waals surface area contributed by atoms with Crippen LogP contribution in [0.25, 0.3) is 5.65 Å². The molecule has 140 valence electrons. The number of aromatic nitrogens is 2. The van der Waals surface area contributed by atoms with E-state index in [2.05, 4.69) is 15.6 Å². The SMILES string of the molecule is O=C(NCc1ccccc1C(F)(F)F)Nc1cnc2ccc(Cl)cn2c1=O. The second-order valence-corrected chi connectivity index (χ2v) is 5.95. The first-order valence-electron chi connectivity index (χ1n) is 7.62. The summed E-state index contributed by atoms with van der Waals surface area (Å²) in [6, 6.07) is 7.14. The number of nitrogens with zero attached hydrogens (tertiary/aromatic N) is 2. The van der Waals surface area contributed by atoms with Crippen molar-refractivity contribution in [2.24, 2.45) is 0 Å². The molecule has 2 aromatic heterocycles. The minimum absolute atomic E-state index is 0.0970. The summed E-state index contributed by atoms with van der Waals surface area (Å²) < 4.78 is 40.0. The van der Waals surface area contributed by atoms with Crippen LogP contribution in [0.5, 0.6) is 0 Å². The summed E-state index contributed by atoms with van der Waals surface area (Å²) in [6.07, 6.45) is -2.03. The van der Waals surface area contributed by atoms with Crippen molar-refractivity contribution in [3.8, 4) is 0 Å². The van der Waals surface area contributed by atoms with Crippen molar-refractivity contribution in [2.45, 2.75) is 12.7 Å². The van der Waals surface area contributed by atoms with Crippen LogP contribution < -0.4 is 16.2 Å². The molecule has 0 aliphatic heterocycles. The molecule has 0 spiro atoms. The summed E-state index contributed by atoms with van der Waals surface area (Å²) in [4.78, 5) is 28.4. The normalized spacial score (nSPS) is 11.4. The number of carbonyl (C=O) groups excluding carboxylic acids is 1. The lowest BCUT2D eigenvalue weighted by molar-refractivity contribution is -0.138. The van der Waals surface area contributed by atoms with E-state index >= 15 is 0 Å². The van der Waals surface area contributed by atoms with Crippen molar-refractivity contribution in [3.05, 3.63) is 75.3 Å². The van der Waals surface area contributed by atoms with Gasteiger partial charge in [0.05, 0.1) is 16.8 Å². The van der Waals surface area contributed by atoms with Crippen LogP contribution in [0.4, 0.5) is 23.7 Å². The lowest BCUT2D eigenvalue weighted by Gasteiger charge is -2.13. The fourth-order valence-corrected chi connectivity index (χ4v) is 2.59. The summed E-state index contributed by atoms with van der Waals surface area (Å²) in [5.74, 6) is 0. The molecule has 0 aliphatic rings. The van der Waals surface area contributed by atoms with Gasteiger partial charge >= 0.3 is 12.2 Å². The van der Waals surface area contributed by atoms with E-state index < -0.39 is 23.3 Å². The van der Waals surface area contributed by atoms with E-state index in [9.17, 15) is 22.8 Å². The van der Waals surface area contributed by atoms with Gasteiger partial charge in [0.1, 0.15) is 11.3 Å². The smallest absolute Gasteiger partial charge is 0.334 e. The van der Waals surface area contributed by atoms with Crippen LogP contribution in [0.3, 0.4) is 0 Å². The fraction of sp³-hybridized carbons (Fsp3) is 0.118. The van der Waals surface area contributed by atoms with Crippen LogP contribution in [0.15, 0.2) is 53.6 Å². The maximum absolute atomic E-state index is 13.0. The first-order chi connectivity index (χ1) is 12.8. The lowest BCUT2D eigenvalue weighted by atomic mass is 10.1. The van der Waals surface area contributed by atoms with Crippen LogP contribution in [0.2, 0.25) is 5.02 Å². The maximum atomic E-state index is 13.0. The minimum atomic E-state index is -4.53. The third-order valence-corrected chi connectivity index (χ3v) is 3.90. The van der Waals surface area contributed by atoms with E-state index in [1.54, 1.807) is 6.07 Å². The largest absolute Gasteiger partial charge is 0.416 e. The summed E-state index contributed by atoms with van der Waals surface area (Å²) in [6.45, 7) is -0.365. The topological polar surface area (TPSA) is 75.5 Å². The van der Waals surface area contributed by atoms with Crippen molar-refractivity contribution in [1.82, 2.24) is 14.7 Å². The number of amides is 2. The molecular formula is C17H12ClF3N4O2. The fourth-order valence-electron chi connectivity index (χ4n) is 2.43. The van der Waals surface area contributed by atoms with E-state index in [-0.39, 0.29) is 17.8 Å². The number of alkyl halides is 3. The van der Waals surface area contributed by atoms with E-state index in [0.717, 1.165) is 16.7 Å². The highest BCUT2D eigenvalue weighted by Crippen LogP contribution is 2.31. The monoisotopic (exact) mass is 396 g/mol. The van der Waals surface area contributed by atoms with Gasteiger partial charge in [-0.25, -0.2) is 9.78 Å². The van der Waals surface area contributed by atoms with E-state index in [0.29, 0.717) is 10.7 Å². The number of benzene rings is 1. The Bertz CT molecular complexity index is 1070. The van der Waals surface area contributed by atoms with Crippen LogP contribution in [0, 0.1) is 0 Å². The molecule has 27 heavy (non-hydrogen) atoms. The van der Waals surface area contributed by atoms with Gasteiger partial charge in [0.2, 0.25) is 0 Å². The molecule has 0 unspecified atom stereocenters. The van der Waals surface area contributed by atoms with Crippen molar-refractivity contribution in [1.29, 1.82) is 0 Å². The van der Waals surface area contributed by atoms with Gasteiger partial charge in [-0.05, 0) is 23.8 Å². The van der Waals surface area contributed by atoms with Crippen LogP contribution in [0.1, 0.15) is 11.1 Å². The highest BCUT2D eigenvalue weighted by molar-refractivity contribution is 6.30. The average molecular weight is 397 g/mol. The molecule has 0 radical (unpaired) electrons. The number of pyridine rings is 1. The van der Waals surface area contributed by atoms with Crippen LogP contribution in [-0.2, 0) is 12.7 Å². The van der Waals surface area contributed by atoms with Gasteiger partial charge in [0.25, 0.3) is 5.56 Å². The third kappa shape index (κ3) is 4.20. The van der Waals surface area contributed by atoms with Gasteiger partial charge in [-0.2, -0.15) is 13.2 Å². The number of anilines is 1. The third-order valence-electron chi connectivity index (χ3n) is 3.68. The average Bonchev–Trinajstić information content (AvgIpc) is 2.62. The zero-order valence-electron chi connectivity index (χ0n) is 13.5. The molecule has 0 atom stereocenters. The molecule has 1 aromatic carbocycles. The van der Waals surface area contributed by atoms with Crippen molar-refractivity contribution < 1.29 is 18.0 Å². The Hall–Kier alpha value is -3.07. The van der Waals surface area contributed by atoms with Gasteiger partial charge in [0, 0.05) is 12.7 Å². The quantitative estimate of drug-likeness (QED) is 0.709. The van der Waals surface area contributed by atoms with Crippen LogP contribution >= 0.6 is 11.6 Å². The molecule has 0 fully saturated rings. The number of fused-ring (bicyclic) bond motifs is 1. The summed E-state index contributed by atoms with van der Waals surface area (Å²) >= 11 is 5.84. The highest BCUT2D eigenvalue weighted by Gasteiger charge is 2.32. The number of urea groups is 1. The van der Waals surface area contributed by atoms with Gasteiger partial charge in [-0.15, -0.1) is 0 Å². The predicted octanol–water partition coefficient (Wildman–Crippen LogP) is 3.69. The lowest BCUT2D eigenvalue weighted by Crippen LogP contribution is -2.32. The number of hydrogen-bond donors (Lipinski definition) is 2. The molecular weight excluding hydrogens is 385 g/mol. The molecule has 2 amide bonds. The van der Waals surface area contributed by atoms with Crippen LogP contribution in [-0.4, -0.2) is 15.4 Å². The molecule has 0 aliphatic carbocycles. The summed E-state index contributed by atoms with van der Waals surface area (Å²) in [7, 11) is 0. The van der Waals surface area contributed by atoms with E-state index in [1.165, 1.54) is 30.5 Å². The Kier molecular flexibility index (Phi) is 5.04. The van der Waals surface area contributed by atoms with Crippen molar-refractivity contribution in [3.63, 3.8) is 0 Å². The molecule has 0 bridgehead atoms. The molecule has 3 rings (SSSR count). The highest BCUT2D eigenvalue weighted by atomic mass is 35.5. The van der Waals surface area contributed by atoms with Gasteiger partial charge in [-0.3, -0.25) is 9.20 Å². The molecule has 10 heteroatoms. The first-order valence-corrected chi connectivity index (χ1v) is 8.00. The Labute approximate surface area is 155 Å². The Morgan fingerprint density at radius 2 is 1.93 bits per heavy atom. The van der Waals surface area contributed by atoms with Gasteiger partial charge in [0.15, 0.2) is 0 Å². The molecule has 0 saturated heterocycles. The maximum Gasteiger partial charge on any atom is 0.416 e. The standard InChI is InChI=1S/C17H12ClF3N4O2/c18-11-5-6-14-22-8-13(15(26)25(14)9-11)24-16(27)23-7-10-3-1-2-4-12(10)17(19,20)21/h1-6,8-9H,7H2,(H2,23,24,27). The number of carbonyl (C=O) groups is 1. The summed E-state index contributed by atoms with van der Waals surface area (Å²) in [5.41, 5.74) is -1.33.